The normalized spacial score (nSPS) is 11.6. The maximum absolute atomic E-state index is 14.2. The summed E-state index contributed by atoms with van der Waals surface area (Å²) in [5.74, 6) is -3.39. The molecule has 0 aliphatic rings. The number of hydrogen-bond donors (Lipinski definition) is 2. The van der Waals surface area contributed by atoms with E-state index in [2.05, 4.69) is 4.98 Å². The molecule has 0 saturated carbocycles. The van der Waals surface area contributed by atoms with Gasteiger partial charge in [0.05, 0.1) is 4.90 Å². The molecular formula is C22H16F2N2O6S. The van der Waals surface area contributed by atoms with E-state index in [1.165, 1.54) is 42.1 Å². The molecular weight excluding hydrogens is 458 g/mol. The van der Waals surface area contributed by atoms with Crippen LogP contribution in [0.5, 0.6) is 11.5 Å². The number of benzene rings is 2. The molecule has 8 nitrogen and oxygen atoms in total. The molecule has 0 aliphatic carbocycles. The maximum atomic E-state index is 14.2. The van der Waals surface area contributed by atoms with Crippen LogP contribution in [0.15, 0.2) is 58.4 Å². The number of aryl methyl sites for hydroxylation is 1. The molecule has 2 N–H and O–H groups in total. The molecule has 2 aromatic heterocycles. The Balaban J connectivity index is 2.03. The number of ether oxygens (including phenoxy) is 1. The van der Waals surface area contributed by atoms with Crippen LogP contribution in [0, 0.1) is 11.6 Å². The van der Waals surface area contributed by atoms with Crippen LogP contribution in [-0.4, -0.2) is 35.3 Å². The summed E-state index contributed by atoms with van der Waals surface area (Å²) >= 11 is 0. The number of rotatable bonds is 5. The predicted octanol–water partition coefficient (Wildman–Crippen LogP) is 3.71. The van der Waals surface area contributed by atoms with Gasteiger partial charge in [0.2, 0.25) is 0 Å². The quantitative estimate of drug-likeness (QED) is 0.455. The lowest BCUT2D eigenvalue weighted by Gasteiger charge is -2.15. The molecule has 4 aromatic rings. The van der Waals surface area contributed by atoms with Gasteiger partial charge in [0.25, 0.3) is 5.56 Å². The maximum Gasteiger partial charge on any atom is 0.352 e. The number of halogens is 2. The molecule has 0 bridgehead atoms. The van der Waals surface area contributed by atoms with Gasteiger partial charge in [-0.3, -0.25) is 4.79 Å². The van der Waals surface area contributed by atoms with Crippen LogP contribution in [0.2, 0.25) is 0 Å². The number of carbonyl (C=O) groups is 1. The zero-order valence-electron chi connectivity index (χ0n) is 17.2. The monoisotopic (exact) mass is 474 g/mol. The number of nitrogens with one attached hydrogen (secondary N) is 1. The third kappa shape index (κ3) is 4.10. The van der Waals surface area contributed by atoms with Gasteiger partial charge in [0.15, 0.2) is 21.4 Å². The second-order valence-electron chi connectivity index (χ2n) is 7.34. The summed E-state index contributed by atoms with van der Waals surface area (Å²) in [4.78, 5) is 26.5. The largest absolute Gasteiger partial charge is 0.477 e. The molecule has 0 spiro atoms. The highest BCUT2D eigenvalue weighted by molar-refractivity contribution is 7.90. The molecule has 2 aromatic carbocycles. The van der Waals surface area contributed by atoms with Crippen molar-refractivity contribution in [2.75, 3.05) is 6.26 Å². The highest BCUT2D eigenvalue weighted by atomic mass is 32.2. The van der Waals surface area contributed by atoms with Crippen molar-refractivity contribution in [2.24, 2.45) is 7.05 Å². The van der Waals surface area contributed by atoms with Crippen molar-refractivity contribution < 1.29 is 31.8 Å². The van der Waals surface area contributed by atoms with E-state index in [0.717, 1.165) is 18.4 Å². The van der Waals surface area contributed by atoms with Gasteiger partial charge < -0.3 is 19.4 Å². The highest BCUT2D eigenvalue weighted by Crippen LogP contribution is 2.39. The third-order valence-electron chi connectivity index (χ3n) is 4.98. The number of sulfone groups is 1. The van der Waals surface area contributed by atoms with Crippen LogP contribution < -0.4 is 10.3 Å². The molecule has 0 fully saturated rings. The average Bonchev–Trinajstić information content (AvgIpc) is 3.18. The number of H-pyrrole nitrogens is 1. The summed E-state index contributed by atoms with van der Waals surface area (Å²) in [7, 11) is -2.23. The minimum absolute atomic E-state index is 0.00549. The summed E-state index contributed by atoms with van der Waals surface area (Å²) in [5, 5.41) is 9.54. The number of hydrogen-bond acceptors (Lipinski definition) is 5. The minimum atomic E-state index is -3.67. The van der Waals surface area contributed by atoms with Crippen LogP contribution in [0.1, 0.15) is 10.5 Å². The van der Waals surface area contributed by atoms with Gasteiger partial charge in [-0.05, 0) is 36.4 Å². The number of aromatic amines is 1. The van der Waals surface area contributed by atoms with Crippen LogP contribution in [0.3, 0.4) is 0 Å². The van der Waals surface area contributed by atoms with Gasteiger partial charge in [0, 0.05) is 42.1 Å². The van der Waals surface area contributed by atoms with Crippen molar-refractivity contribution in [3.8, 4) is 22.6 Å². The summed E-state index contributed by atoms with van der Waals surface area (Å²) < 4.78 is 58.7. The zero-order chi connectivity index (χ0) is 24.1. The van der Waals surface area contributed by atoms with E-state index in [0.29, 0.717) is 6.07 Å². The lowest BCUT2D eigenvalue weighted by atomic mass is 10.0. The molecule has 4 rings (SSSR count). The lowest BCUT2D eigenvalue weighted by Crippen LogP contribution is -2.16. The first kappa shape index (κ1) is 22.2. The van der Waals surface area contributed by atoms with E-state index in [9.17, 15) is 31.9 Å². The van der Waals surface area contributed by atoms with Crippen molar-refractivity contribution in [1.82, 2.24) is 9.55 Å². The third-order valence-corrected chi connectivity index (χ3v) is 6.09. The number of pyridine rings is 1. The molecule has 170 valence electrons. The second-order valence-corrected chi connectivity index (χ2v) is 9.36. The molecule has 0 aliphatic heterocycles. The molecule has 0 unspecified atom stereocenters. The Morgan fingerprint density at radius 2 is 1.76 bits per heavy atom. The molecule has 0 atom stereocenters. The highest BCUT2D eigenvalue weighted by Gasteiger charge is 2.21. The van der Waals surface area contributed by atoms with E-state index >= 15 is 0 Å². The Hall–Kier alpha value is -3.99. The van der Waals surface area contributed by atoms with Crippen molar-refractivity contribution >= 4 is 26.7 Å². The van der Waals surface area contributed by atoms with Gasteiger partial charge in [-0.15, -0.1) is 0 Å². The number of nitrogens with zero attached hydrogens (tertiary/aromatic N) is 1. The smallest absolute Gasteiger partial charge is 0.352 e. The van der Waals surface area contributed by atoms with E-state index in [-0.39, 0.29) is 44.1 Å². The molecule has 0 amide bonds. The van der Waals surface area contributed by atoms with E-state index < -0.39 is 33.0 Å². The number of carboxylic acid groups (broad SMARTS) is 1. The summed E-state index contributed by atoms with van der Waals surface area (Å²) in [6, 6.07) is 7.79. The van der Waals surface area contributed by atoms with Gasteiger partial charge in [-0.1, -0.05) is 0 Å². The standard InChI is InChI=1S/C22H16F2N2O6S/c1-26-10-15(14-9-17(22(28)29)25-20(14)21(26)27)13-8-12(33(2,30)31)4-6-18(13)32-19-5-3-11(23)7-16(19)24/h3-10,25H,1-2H3,(H,28,29). The molecule has 0 saturated heterocycles. The second kappa shape index (κ2) is 7.85. The Morgan fingerprint density at radius 3 is 2.39 bits per heavy atom. The number of fused-ring (bicyclic) bond motifs is 1. The van der Waals surface area contributed by atoms with Gasteiger partial charge in [0.1, 0.15) is 22.8 Å². The molecule has 33 heavy (non-hydrogen) atoms. The number of carboxylic acids is 1. The fourth-order valence-corrected chi connectivity index (χ4v) is 4.03. The van der Waals surface area contributed by atoms with Crippen molar-refractivity contribution in [2.45, 2.75) is 4.90 Å². The van der Waals surface area contributed by atoms with Gasteiger partial charge >= 0.3 is 5.97 Å². The predicted molar refractivity (Wildman–Crippen MR) is 115 cm³/mol. The lowest BCUT2D eigenvalue weighted by molar-refractivity contribution is 0.0691. The summed E-state index contributed by atoms with van der Waals surface area (Å²) in [6.07, 6.45) is 2.39. The summed E-state index contributed by atoms with van der Waals surface area (Å²) in [5.41, 5.74) is -0.360. The minimum Gasteiger partial charge on any atom is -0.477 e. The summed E-state index contributed by atoms with van der Waals surface area (Å²) in [6.45, 7) is 0. The van der Waals surface area contributed by atoms with Crippen LogP contribution in [0.4, 0.5) is 8.78 Å². The Labute approximate surface area is 185 Å². The van der Waals surface area contributed by atoms with E-state index in [1.807, 2.05) is 0 Å². The first-order valence-corrected chi connectivity index (χ1v) is 11.3. The van der Waals surface area contributed by atoms with Crippen molar-refractivity contribution in [3.05, 3.63) is 76.3 Å². The number of aromatic nitrogens is 2. The average molecular weight is 474 g/mol. The first-order chi connectivity index (χ1) is 15.5. The number of aromatic carboxylic acids is 1. The topological polar surface area (TPSA) is 118 Å². The van der Waals surface area contributed by atoms with Crippen molar-refractivity contribution in [3.63, 3.8) is 0 Å². The molecule has 0 radical (unpaired) electrons. The first-order valence-electron chi connectivity index (χ1n) is 9.38. The fourth-order valence-electron chi connectivity index (χ4n) is 3.38. The van der Waals surface area contributed by atoms with Crippen LogP contribution >= 0.6 is 0 Å². The van der Waals surface area contributed by atoms with Crippen molar-refractivity contribution in [1.29, 1.82) is 0 Å². The fraction of sp³-hybridized carbons (Fsp3) is 0.0909. The Morgan fingerprint density at radius 1 is 1.06 bits per heavy atom. The van der Waals surface area contributed by atoms with E-state index in [4.69, 9.17) is 4.74 Å². The van der Waals surface area contributed by atoms with Crippen LogP contribution in [-0.2, 0) is 16.9 Å². The van der Waals surface area contributed by atoms with E-state index in [1.54, 1.807) is 0 Å². The SMILES string of the molecule is Cn1cc(-c2cc(S(C)(=O)=O)ccc2Oc2ccc(F)cc2F)c2cc(C(=O)O)[nH]c2c1=O. The Bertz CT molecular complexity index is 1610. The van der Waals surface area contributed by atoms with Gasteiger partial charge in [-0.2, -0.15) is 0 Å². The van der Waals surface area contributed by atoms with Crippen LogP contribution in [0.25, 0.3) is 22.0 Å². The molecule has 11 heteroatoms. The zero-order valence-corrected chi connectivity index (χ0v) is 18.0. The molecule has 2 heterocycles. The Kier molecular flexibility index (Phi) is 5.29. The van der Waals surface area contributed by atoms with Gasteiger partial charge in [-0.25, -0.2) is 22.0 Å².